The van der Waals surface area contributed by atoms with E-state index in [0.29, 0.717) is 0 Å². The maximum Gasteiger partial charge on any atom is 0.308 e. The molecule has 2 amide bonds. The highest BCUT2D eigenvalue weighted by Gasteiger charge is 2.38. The second kappa shape index (κ2) is 4.11. The van der Waals surface area contributed by atoms with Crippen molar-refractivity contribution in [2.45, 2.75) is 20.3 Å². The largest absolute Gasteiger partial charge is 0.481 e. The maximum atomic E-state index is 11.5. The van der Waals surface area contributed by atoms with E-state index in [-0.39, 0.29) is 25.4 Å². The first-order chi connectivity index (χ1) is 7.24. The van der Waals surface area contributed by atoms with Crippen LogP contribution in [0.5, 0.6) is 0 Å². The van der Waals surface area contributed by atoms with Crippen LogP contribution in [0.1, 0.15) is 20.3 Å². The molecule has 1 unspecified atom stereocenters. The summed E-state index contributed by atoms with van der Waals surface area (Å²) in [5.41, 5.74) is 4.36. The fourth-order valence-electron chi connectivity index (χ4n) is 1.65. The fraction of sp³-hybridized carbons (Fsp3) is 0.700. The Morgan fingerprint density at radius 3 is 2.50 bits per heavy atom. The monoisotopic (exact) mass is 228 g/mol. The minimum Gasteiger partial charge on any atom is -0.481 e. The van der Waals surface area contributed by atoms with Crippen LogP contribution in [-0.4, -0.2) is 40.9 Å². The zero-order chi connectivity index (χ0) is 12.5. The molecule has 6 heteroatoms. The summed E-state index contributed by atoms with van der Waals surface area (Å²) in [6, 6.07) is 0. The second-order valence-corrected chi connectivity index (χ2v) is 4.76. The van der Waals surface area contributed by atoms with Gasteiger partial charge in [-0.3, -0.25) is 14.4 Å². The van der Waals surface area contributed by atoms with Crippen molar-refractivity contribution >= 4 is 17.8 Å². The molecular formula is C10H16N2O4. The van der Waals surface area contributed by atoms with Crippen LogP contribution in [0, 0.1) is 11.3 Å². The number of amides is 2. The Hall–Kier alpha value is -1.59. The number of likely N-dealkylation sites (tertiary alicyclic amines) is 1. The summed E-state index contributed by atoms with van der Waals surface area (Å²) in [4.78, 5) is 34.7. The van der Waals surface area contributed by atoms with Gasteiger partial charge >= 0.3 is 5.97 Å². The Labute approximate surface area is 93.4 Å². The zero-order valence-electron chi connectivity index (χ0n) is 9.40. The van der Waals surface area contributed by atoms with Crippen LogP contribution in [0.25, 0.3) is 0 Å². The molecule has 1 aliphatic heterocycles. The van der Waals surface area contributed by atoms with Gasteiger partial charge in [-0.15, -0.1) is 0 Å². The number of nitrogens with two attached hydrogens (primary N) is 1. The number of carbonyl (C=O) groups excluding carboxylic acids is 2. The molecule has 0 aliphatic carbocycles. The van der Waals surface area contributed by atoms with E-state index in [0.717, 1.165) is 0 Å². The van der Waals surface area contributed by atoms with Crippen LogP contribution in [-0.2, 0) is 14.4 Å². The third kappa shape index (κ3) is 2.50. The van der Waals surface area contributed by atoms with Crippen molar-refractivity contribution in [3.8, 4) is 0 Å². The van der Waals surface area contributed by atoms with E-state index in [9.17, 15) is 14.4 Å². The van der Waals surface area contributed by atoms with Crippen LogP contribution in [0.4, 0.5) is 0 Å². The quantitative estimate of drug-likeness (QED) is 0.672. The molecule has 0 aromatic carbocycles. The molecule has 1 saturated heterocycles. The number of aliphatic carboxylic acids is 1. The molecule has 1 fully saturated rings. The van der Waals surface area contributed by atoms with Crippen LogP contribution < -0.4 is 5.73 Å². The lowest BCUT2D eigenvalue weighted by molar-refractivity contribution is -0.141. The summed E-state index contributed by atoms with van der Waals surface area (Å²) in [6.45, 7) is 3.60. The van der Waals surface area contributed by atoms with Gasteiger partial charge in [0.2, 0.25) is 11.8 Å². The lowest BCUT2D eigenvalue weighted by Crippen LogP contribution is -2.43. The lowest BCUT2D eigenvalue weighted by Gasteiger charge is -2.27. The van der Waals surface area contributed by atoms with Gasteiger partial charge in [-0.2, -0.15) is 0 Å². The highest BCUT2D eigenvalue weighted by Crippen LogP contribution is 2.23. The number of rotatable bonds is 4. The molecule has 1 atom stereocenters. The predicted molar refractivity (Wildman–Crippen MR) is 55.3 cm³/mol. The van der Waals surface area contributed by atoms with Crippen molar-refractivity contribution in [1.82, 2.24) is 4.90 Å². The SMILES string of the molecule is CC(C)(CN1CC(C(=O)O)CC1=O)C(N)=O. The summed E-state index contributed by atoms with van der Waals surface area (Å²) >= 11 is 0. The van der Waals surface area contributed by atoms with Crippen molar-refractivity contribution in [3.05, 3.63) is 0 Å². The first kappa shape index (κ1) is 12.5. The van der Waals surface area contributed by atoms with E-state index in [1.54, 1.807) is 13.8 Å². The summed E-state index contributed by atoms with van der Waals surface area (Å²) < 4.78 is 0. The molecule has 1 heterocycles. The molecular weight excluding hydrogens is 212 g/mol. The van der Waals surface area contributed by atoms with Crippen molar-refractivity contribution in [2.75, 3.05) is 13.1 Å². The molecule has 0 spiro atoms. The topological polar surface area (TPSA) is 101 Å². The van der Waals surface area contributed by atoms with Gasteiger partial charge in [0, 0.05) is 19.5 Å². The summed E-state index contributed by atoms with van der Waals surface area (Å²) in [6.07, 6.45) is 0.00414. The van der Waals surface area contributed by atoms with Gasteiger partial charge in [0.1, 0.15) is 0 Å². The smallest absolute Gasteiger partial charge is 0.308 e. The predicted octanol–water partition coefficient (Wildman–Crippen LogP) is -0.569. The van der Waals surface area contributed by atoms with Gasteiger partial charge in [0.15, 0.2) is 0 Å². The van der Waals surface area contributed by atoms with Crippen LogP contribution in [0.3, 0.4) is 0 Å². The molecule has 16 heavy (non-hydrogen) atoms. The Morgan fingerprint density at radius 2 is 2.12 bits per heavy atom. The third-order valence-electron chi connectivity index (χ3n) is 2.82. The average Bonchev–Trinajstić information content (AvgIpc) is 2.47. The number of carboxylic acid groups (broad SMARTS) is 1. The number of carboxylic acids is 1. The first-order valence-electron chi connectivity index (χ1n) is 5.04. The summed E-state index contributed by atoms with van der Waals surface area (Å²) in [5, 5.41) is 8.79. The average molecular weight is 228 g/mol. The van der Waals surface area contributed by atoms with E-state index in [1.807, 2.05) is 0 Å². The molecule has 6 nitrogen and oxygen atoms in total. The van der Waals surface area contributed by atoms with E-state index < -0.39 is 23.2 Å². The minimum atomic E-state index is -0.979. The van der Waals surface area contributed by atoms with E-state index in [4.69, 9.17) is 10.8 Å². The highest BCUT2D eigenvalue weighted by atomic mass is 16.4. The molecule has 0 aromatic heterocycles. The van der Waals surface area contributed by atoms with E-state index in [2.05, 4.69) is 0 Å². The van der Waals surface area contributed by atoms with Gasteiger partial charge in [0.25, 0.3) is 0 Å². The summed E-state index contributed by atoms with van der Waals surface area (Å²) in [5.74, 6) is -2.38. The van der Waals surface area contributed by atoms with Gasteiger partial charge in [-0.25, -0.2) is 0 Å². The molecule has 0 saturated carbocycles. The normalized spacial score (nSPS) is 21.2. The number of nitrogens with zero attached hydrogens (tertiary/aromatic N) is 1. The Bertz CT molecular complexity index is 338. The van der Waals surface area contributed by atoms with Gasteiger partial charge in [-0.05, 0) is 13.8 Å². The number of hydrogen-bond donors (Lipinski definition) is 2. The van der Waals surface area contributed by atoms with Crippen LogP contribution in [0.15, 0.2) is 0 Å². The molecule has 0 radical (unpaired) electrons. The van der Waals surface area contributed by atoms with Gasteiger partial charge in [0.05, 0.1) is 11.3 Å². The molecule has 90 valence electrons. The van der Waals surface area contributed by atoms with E-state index in [1.165, 1.54) is 4.90 Å². The van der Waals surface area contributed by atoms with Crippen molar-refractivity contribution in [2.24, 2.45) is 17.1 Å². The Morgan fingerprint density at radius 1 is 1.56 bits per heavy atom. The molecule has 0 bridgehead atoms. The standard InChI is InChI=1S/C10H16N2O4/c1-10(2,9(11)16)5-12-4-6(8(14)15)3-7(12)13/h6H,3-5H2,1-2H3,(H2,11,16)(H,14,15). The number of primary amides is 1. The Balaban J connectivity index is 2.67. The lowest BCUT2D eigenvalue weighted by atomic mass is 9.92. The maximum absolute atomic E-state index is 11.5. The Kier molecular flexibility index (Phi) is 3.21. The molecule has 1 aliphatic rings. The first-order valence-corrected chi connectivity index (χ1v) is 5.04. The zero-order valence-corrected chi connectivity index (χ0v) is 9.40. The molecule has 3 N–H and O–H groups in total. The minimum absolute atomic E-state index is 0.00414. The van der Waals surface area contributed by atoms with Crippen molar-refractivity contribution in [1.29, 1.82) is 0 Å². The number of carbonyl (C=O) groups is 3. The van der Waals surface area contributed by atoms with Crippen LogP contribution in [0.2, 0.25) is 0 Å². The van der Waals surface area contributed by atoms with Gasteiger partial charge < -0.3 is 15.7 Å². The summed E-state index contributed by atoms with van der Waals surface area (Å²) in [7, 11) is 0. The van der Waals surface area contributed by atoms with Crippen LogP contribution >= 0.6 is 0 Å². The highest BCUT2D eigenvalue weighted by molar-refractivity contribution is 5.87. The molecule has 0 aromatic rings. The van der Waals surface area contributed by atoms with Gasteiger partial charge in [-0.1, -0.05) is 0 Å². The fourth-order valence-corrected chi connectivity index (χ4v) is 1.65. The second-order valence-electron chi connectivity index (χ2n) is 4.76. The van der Waals surface area contributed by atoms with Crippen molar-refractivity contribution < 1.29 is 19.5 Å². The third-order valence-corrected chi connectivity index (χ3v) is 2.82. The van der Waals surface area contributed by atoms with E-state index >= 15 is 0 Å². The number of hydrogen-bond acceptors (Lipinski definition) is 3. The molecule has 1 rings (SSSR count). The van der Waals surface area contributed by atoms with Crippen molar-refractivity contribution in [3.63, 3.8) is 0 Å².